The molecule has 0 bridgehead atoms. The van der Waals surface area contributed by atoms with Crippen molar-refractivity contribution in [2.24, 2.45) is 0 Å². The monoisotopic (exact) mass is 393 g/mol. The molecular weight excluding hydrogens is 378 g/mol. The average molecular weight is 394 g/mol. The molecule has 0 unspecified atom stereocenters. The quantitative estimate of drug-likeness (QED) is 0.762. The molecule has 0 fully saturated rings. The van der Waals surface area contributed by atoms with Gasteiger partial charge in [0.25, 0.3) is 5.91 Å². The lowest BCUT2D eigenvalue weighted by atomic mass is 10.2. The predicted molar refractivity (Wildman–Crippen MR) is 92.6 cm³/mol. The summed E-state index contributed by atoms with van der Waals surface area (Å²) in [5, 5.41) is 2.65. The molecular formula is C17H16BrNO5. The van der Waals surface area contributed by atoms with Crippen LogP contribution in [-0.2, 0) is 9.53 Å². The van der Waals surface area contributed by atoms with Crippen molar-refractivity contribution >= 4 is 33.5 Å². The van der Waals surface area contributed by atoms with E-state index in [0.29, 0.717) is 17.2 Å². The molecule has 0 aromatic heterocycles. The Morgan fingerprint density at radius 3 is 2.21 bits per heavy atom. The summed E-state index contributed by atoms with van der Waals surface area (Å²) in [5.41, 5.74) is 0.726. The SMILES string of the molecule is COc1cccc(OC)c1C(=O)OCC(=O)Nc1ccccc1Br. The minimum Gasteiger partial charge on any atom is -0.496 e. The fourth-order valence-electron chi connectivity index (χ4n) is 2.00. The third-order valence-electron chi connectivity index (χ3n) is 3.11. The highest BCUT2D eigenvalue weighted by atomic mass is 79.9. The Kier molecular flexibility index (Phi) is 6.20. The lowest BCUT2D eigenvalue weighted by molar-refractivity contribution is -0.119. The summed E-state index contributed by atoms with van der Waals surface area (Å²) in [6, 6.07) is 12.0. The van der Waals surface area contributed by atoms with Crippen LogP contribution in [0.4, 0.5) is 5.69 Å². The number of rotatable bonds is 6. The molecule has 24 heavy (non-hydrogen) atoms. The van der Waals surface area contributed by atoms with Crippen LogP contribution in [0.3, 0.4) is 0 Å². The second-order valence-electron chi connectivity index (χ2n) is 4.64. The van der Waals surface area contributed by atoms with Crippen LogP contribution in [-0.4, -0.2) is 32.7 Å². The van der Waals surface area contributed by atoms with Gasteiger partial charge >= 0.3 is 5.97 Å². The zero-order valence-corrected chi connectivity index (χ0v) is 14.8. The van der Waals surface area contributed by atoms with Gasteiger partial charge in [0.1, 0.15) is 17.1 Å². The molecule has 2 aromatic carbocycles. The fraction of sp³-hybridized carbons (Fsp3) is 0.176. The largest absolute Gasteiger partial charge is 0.496 e. The molecule has 0 aliphatic heterocycles. The van der Waals surface area contributed by atoms with Gasteiger partial charge in [-0.05, 0) is 40.2 Å². The molecule has 0 heterocycles. The molecule has 2 aromatic rings. The van der Waals surface area contributed by atoms with Crippen molar-refractivity contribution in [3.8, 4) is 11.5 Å². The summed E-state index contributed by atoms with van der Waals surface area (Å²) >= 11 is 3.32. The number of hydrogen-bond acceptors (Lipinski definition) is 5. The summed E-state index contributed by atoms with van der Waals surface area (Å²) < 4.78 is 16.1. The smallest absolute Gasteiger partial charge is 0.346 e. The highest BCUT2D eigenvalue weighted by Gasteiger charge is 2.20. The van der Waals surface area contributed by atoms with Gasteiger partial charge < -0.3 is 19.5 Å². The Hall–Kier alpha value is -2.54. The molecule has 1 N–H and O–H groups in total. The molecule has 0 atom stereocenters. The first-order chi connectivity index (χ1) is 11.6. The van der Waals surface area contributed by atoms with Crippen molar-refractivity contribution < 1.29 is 23.8 Å². The van der Waals surface area contributed by atoms with Crippen LogP contribution >= 0.6 is 15.9 Å². The van der Waals surface area contributed by atoms with Crippen molar-refractivity contribution in [3.63, 3.8) is 0 Å². The second-order valence-corrected chi connectivity index (χ2v) is 5.50. The average Bonchev–Trinajstić information content (AvgIpc) is 2.60. The van der Waals surface area contributed by atoms with E-state index in [9.17, 15) is 9.59 Å². The molecule has 7 heteroatoms. The normalized spacial score (nSPS) is 9.96. The van der Waals surface area contributed by atoms with Crippen LogP contribution in [0.1, 0.15) is 10.4 Å². The topological polar surface area (TPSA) is 73.9 Å². The molecule has 0 saturated heterocycles. The molecule has 0 aliphatic carbocycles. The van der Waals surface area contributed by atoms with Gasteiger partial charge in [-0.1, -0.05) is 18.2 Å². The summed E-state index contributed by atoms with van der Waals surface area (Å²) in [4.78, 5) is 24.2. The Balaban J connectivity index is 2.03. The number of methoxy groups -OCH3 is 2. The van der Waals surface area contributed by atoms with Crippen LogP contribution in [0.5, 0.6) is 11.5 Å². The number of hydrogen-bond donors (Lipinski definition) is 1. The number of benzene rings is 2. The number of amides is 1. The Morgan fingerprint density at radius 1 is 1.00 bits per heavy atom. The molecule has 0 aliphatic rings. The number of nitrogens with one attached hydrogen (secondary N) is 1. The molecule has 1 amide bonds. The zero-order chi connectivity index (χ0) is 17.5. The second kappa shape index (κ2) is 8.35. The molecule has 6 nitrogen and oxygen atoms in total. The van der Waals surface area contributed by atoms with Crippen LogP contribution in [0.25, 0.3) is 0 Å². The van der Waals surface area contributed by atoms with Gasteiger partial charge in [-0.25, -0.2) is 4.79 Å². The van der Waals surface area contributed by atoms with Gasteiger partial charge in [0.2, 0.25) is 0 Å². The van der Waals surface area contributed by atoms with Gasteiger partial charge in [-0.2, -0.15) is 0 Å². The molecule has 126 valence electrons. The third kappa shape index (κ3) is 4.26. The number of halogens is 1. The molecule has 0 spiro atoms. The first-order valence-electron chi connectivity index (χ1n) is 6.99. The number of para-hydroxylation sites is 1. The first kappa shape index (κ1) is 17.8. The number of anilines is 1. The van der Waals surface area contributed by atoms with Crippen molar-refractivity contribution in [2.45, 2.75) is 0 Å². The highest BCUT2D eigenvalue weighted by molar-refractivity contribution is 9.10. The first-order valence-corrected chi connectivity index (χ1v) is 7.78. The van der Waals surface area contributed by atoms with E-state index in [-0.39, 0.29) is 5.56 Å². The lowest BCUT2D eigenvalue weighted by Crippen LogP contribution is -2.21. The van der Waals surface area contributed by atoms with Crippen molar-refractivity contribution in [3.05, 3.63) is 52.5 Å². The molecule has 0 saturated carbocycles. The fourth-order valence-corrected chi connectivity index (χ4v) is 2.39. The Bertz CT molecular complexity index is 725. The van der Waals surface area contributed by atoms with Gasteiger partial charge in [-0.3, -0.25) is 4.79 Å². The van der Waals surface area contributed by atoms with E-state index in [1.165, 1.54) is 14.2 Å². The van der Waals surface area contributed by atoms with E-state index in [0.717, 1.165) is 4.47 Å². The molecule has 0 radical (unpaired) electrons. The zero-order valence-electron chi connectivity index (χ0n) is 13.2. The van der Waals surface area contributed by atoms with Gasteiger partial charge in [0.15, 0.2) is 6.61 Å². The van der Waals surface area contributed by atoms with E-state index in [4.69, 9.17) is 14.2 Å². The van der Waals surface area contributed by atoms with E-state index in [1.807, 2.05) is 6.07 Å². The lowest BCUT2D eigenvalue weighted by Gasteiger charge is -2.12. The Morgan fingerprint density at radius 2 is 1.62 bits per heavy atom. The number of carbonyl (C=O) groups is 2. The predicted octanol–water partition coefficient (Wildman–Crippen LogP) is 3.26. The number of esters is 1. The van der Waals surface area contributed by atoms with Crippen LogP contribution in [0, 0.1) is 0 Å². The number of carbonyl (C=O) groups excluding carboxylic acids is 2. The summed E-state index contributed by atoms with van der Waals surface area (Å²) in [5.74, 6) is -0.535. The summed E-state index contributed by atoms with van der Waals surface area (Å²) in [6.07, 6.45) is 0. The van der Waals surface area contributed by atoms with E-state index in [2.05, 4.69) is 21.2 Å². The van der Waals surface area contributed by atoms with Crippen LogP contribution in [0.15, 0.2) is 46.9 Å². The summed E-state index contributed by atoms with van der Waals surface area (Å²) in [7, 11) is 2.87. The van der Waals surface area contributed by atoms with E-state index < -0.39 is 18.5 Å². The highest BCUT2D eigenvalue weighted by Crippen LogP contribution is 2.29. The minimum absolute atomic E-state index is 0.135. The standard InChI is InChI=1S/C17H16BrNO5/c1-22-13-8-5-9-14(23-2)16(13)17(21)24-10-15(20)19-12-7-4-3-6-11(12)18/h3-9H,10H2,1-2H3,(H,19,20). The molecule has 2 rings (SSSR count). The minimum atomic E-state index is -0.702. The van der Waals surface area contributed by atoms with Crippen molar-refractivity contribution in [2.75, 3.05) is 26.1 Å². The van der Waals surface area contributed by atoms with Crippen LogP contribution < -0.4 is 14.8 Å². The van der Waals surface area contributed by atoms with Crippen LogP contribution in [0.2, 0.25) is 0 Å². The third-order valence-corrected chi connectivity index (χ3v) is 3.81. The van der Waals surface area contributed by atoms with E-state index in [1.54, 1.807) is 36.4 Å². The van der Waals surface area contributed by atoms with E-state index >= 15 is 0 Å². The maximum Gasteiger partial charge on any atom is 0.346 e. The maximum absolute atomic E-state index is 12.3. The van der Waals surface area contributed by atoms with Gasteiger partial charge in [-0.15, -0.1) is 0 Å². The van der Waals surface area contributed by atoms with Gasteiger partial charge in [0.05, 0.1) is 19.9 Å². The summed E-state index contributed by atoms with van der Waals surface area (Å²) in [6.45, 7) is -0.429. The van der Waals surface area contributed by atoms with Crippen molar-refractivity contribution in [1.29, 1.82) is 0 Å². The Labute approximate surface area is 147 Å². The number of ether oxygens (including phenoxy) is 3. The van der Waals surface area contributed by atoms with Crippen molar-refractivity contribution in [1.82, 2.24) is 0 Å². The maximum atomic E-state index is 12.3. The van der Waals surface area contributed by atoms with Gasteiger partial charge in [0, 0.05) is 4.47 Å².